The Balaban J connectivity index is 1.69. The molecule has 1 fully saturated rings. The van der Waals surface area contributed by atoms with Crippen LogP contribution in [-0.2, 0) is 20.9 Å². The minimum atomic E-state index is -0.925. The molecule has 9 heteroatoms. The smallest absolute Gasteiger partial charge is 0.251 e. The second-order valence-corrected chi connectivity index (χ2v) is 9.49. The van der Waals surface area contributed by atoms with Crippen molar-refractivity contribution in [2.45, 2.75) is 71.2 Å². The van der Waals surface area contributed by atoms with Crippen LogP contribution in [0.5, 0.6) is 0 Å². The molecule has 4 rings (SSSR count). The number of nitrogens with zero attached hydrogens (tertiary/aromatic N) is 4. The van der Waals surface area contributed by atoms with Crippen LogP contribution in [0.25, 0.3) is 11.0 Å². The quantitative estimate of drug-likeness (QED) is 0.518. The summed E-state index contributed by atoms with van der Waals surface area (Å²) < 4.78 is 13.3. The van der Waals surface area contributed by atoms with Gasteiger partial charge in [0.2, 0.25) is 5.91 Å². The standard InChI is InChI=1S/C25H33N5O4/c1-5-25(3,4)26-24(32)23(21-13-12-17(2)34-21)29(15-18-9-8-14-33-18)22(31)16-30-20-11-7-6-10-19(20)27-28-30/h6-7,10-13,18,23H,5,8-9,14-16H2,1-4H3,(H,26,32). The van der Waals surface area contributed by atoms with E-state index in [1.54, 1.807) is 21.7 Å². The van der Waals surface area contributed by atoms with Crippen LogP contribution in [0.2, 0.25) is 0 Å². The maximum atomic E-state index is 13.8. The molecule has 1 N–H and O–H groups in total. The highest BCUT2D eigenvalue weighted by molar-refractivity contribution is 5.89. The lowest BCUT2D eigenvalue weighted by Crippen LogP contribution is -2.52. The van der Waals surface area contributed by atoms with Gasteiger partial charge in [-0.15, -0.1) is 5.10 Å². The molecular formula is C25H33N5O4. The van der Waals surface area contributed by atoms with Crippen molar-refractivity contribution in [1.29, 1.82) is 0 Å². The lowest BCUT2D eigenvalue weighted by atomic mass is 10.0. The van der Waals surface area contributed by atoms with E-state index in [-0.39, 0.29) is 31.0 Å². The van der Waals surface area contributed by atoms with Crippen LogP contribution in [0, 0.1) is 6.92 Å². The molecule has 0 spiro atoms. The summed E-state index contributed by atoms with van der Waals surface area (Å²) in [6.07, 6.45) is 2.37. The molecule has 0 aliphatic carbocycles. The van der Waals surface area contributed by atoms with Crippen molar-refractivity contribution in [3.8, 4) is 0 Å². The first-order chi connectivity index (χ1) is 16.3. The zero-order valence-electron chi connectivity index (χ0n) is 20.3. The van der Waals surface area contributed by atoms with Gasteiger partial charge in [0.1, 0.15) is 23.6 Å². The van der Waals surface area contributed by atoms with Gasteiger partial charge in [0.15, 0.2) is 6.04 Å². The second-order valence-electron chi connectivity index (χ2n) is 9.49. The van der Waals surface area contributed by atoms with Crippen LogP contribution < -0.4 is 5.32 Å². The Morgan fingerprint density at radius 2 is 2.06 bits per heavy atom. The number of aryl methyl sites for hydroxylation is 1. The van der Waals surface area contributed by atoms with E-state index in [4.69, 9.17) is 9.15 Å². The Morgan fingerprint density at radius 1 is 1.26 bits per heavy atom. The highest BCUT2D eigenvalue weighted by Crippen LogP contribution is 2.28. The third kappa shape index (κ3) is 5.30. The molecule has 1 aromatic carbocycles. The summed E-state index contributed by atoms with van der Waals surface area (Å²) in [5.41, 5.74) is 1.04. The number of nitrogens with one attached hydrogen (secondary N) is 1. The molecule has 0 bridgehead atoms. The van der Waals surface area contributed by atoms with E-state index in [2.05, 4.69) is 15.6 Å². The monoisotopic (exact) mass is 467 g/mol. The molecule has 34 heavy (non-hydrogen) atoms. The van der Waals surface area contributed by atoms with Crippen LogP contribution in [0.15, 0.2) is 40.8 Å². The summed E-state index contributed by atoms with van der Waals surface area (Å²) in [5.74, 6) is 0.566. The third-order valence-corrected chi connectivity index (χ3v) is 6.39. The number of furan rings is 1. The Labute approximate surface area is 199 Å². The summed E-state index contributed by atoms with van der Waals surface area (Å²) in [6, 6.07) is 10.1. The average molecular weight is 468 g/mol. The van der Waals surface area contributed by atoms with Crippen molar-refractivity contribution in [3.05, 3.63) is 47.9 Å². The average Bonchev–Trinajstić information content (AvgIpc) is 3.55. The van der Waals surface area contributed by atoms with Gasteiger partial charge in [-0.1, -0.05) is 24.3 Å². The van der Waals surface area contributed by atoms with Gasteiger partial charge in [-0.25, -0.2) is 4.68 Å². The van der Waals surface area contributed by atoms with E-state index >= 15 is 0 Å². The van der Waals surface area contributed by atoms with E-state index in [0.717, 1.165) is 24.8 Å². The van der Waals surface area contributed by atoms with Gasteiger partial charge >= 0.3 is 0 Å². The third-order valence-electron chi connectivity index (χ3n) is 6.39. The van der Waals surface area contributed by atoms with Crippen LogP contribution in [0.3, 0.4) is 0 Å². The van der Waals surface area contributed by atoms with E-state index in [1.165, 1.54) is 0 Å². The fraction of sp³-hybridized carbons (Fsp3) is 0.520. The SMILES string of the molecule is CCC(C)(C)NC(=O)C(c1ccc(C)o1)N(CC1CCCO1)C(=O)Cn1nnc2ccccc21. The van der Waals surface area contributed by atoms with Gasteiger partial charge < -0.3 is 19.4 Å². The molecule has 2 unspecified atom stereocenters. The van der Waals surface area contributed by atoms with Gasteiger partial charge in [-0.2, -0.15) is 0 Å². The number of hydrogen-bond acceptors (Lipinski definition) is 6. The lowest BCUT2D eigenvalue weighted by Gasteiger charge is -2.34. The number of ether oxygens (including phenoxy) is 1. The van der Waals surface area contributed by atoms with Gasteiger partial charge in [-0.3, -0.25) is 9.59 Å². The number of para-hydroxylation sites is 1. The summed E-state index contributed by atoms with van der Waals surface area (Å²) >= 11 is 0. The van der Waals surface area contributed by atoms with Crippen LogP contribution in [0.4, 0.5) is 0 Å². The van der Waals surface area contributed by atoms with E-state index in [9.17, 15) is 9.59 Å². The lowest BCUT2D eigenvalue weighted by molar-refractivity contribution is -0.144. The number of fused-ring (bicyclic) bond motifs is 1. The second kappa shape index (κ2) is 9.97. The number of carbonyl (C=O) groups is 2. The predicted octanol–water partition coefficient (Wildman–Crippen LogP) is 3.39. The Morgan fingerprint density at radius 3 is 2.74 bits per heavy atom. The summed E-state index contributed by atoms with van der Waals surface area (Å²) in [6.45, 7) is 8.65. The molecule has 3 aromatic rings. The molecule has 0 saturated carbocycles. The number of benzene rings is 1. The molecule has 2 aromatic heterocycles. The van der Waals surface area contributed by atoms with Gasteiger partial charge in [0.25, 0.3) is 5.91 Å². The van der Waals surface area contributed by atoms with E-state index in [0.29, 0.717) is 23.6 Å². The molecular weight excluding hydrogens is 434 g/mol. The highest BCUT2D eigenvalue weighted by Gasteiger charge is 2.38. The summed E-state index contributed by atoms with van der Waals surface area (Å²) in [7, 11) is 0. The maximum Gasteiger partial charge on any atom is 0.251 e. The largest absolute Gasteiger partial charge is 0.464 e. The maximum absolute atomic E-state index is 13.8. The van der Waals surface area contributed by atoms with Crippen LogP contribution in [-0.4, -0.2) is 56.5 Å². The topological polar surface area (TPSA) is 102 Å². The number of rotatable bonds is 9. The van der Waals surface area contributed by atoms with Crippen molar-refractivity contribution in [3.63, 3.8) is 0 Å². The van der Waals surface area contributed by atoms with Crippen molar-refractivity contribution in [2.24, 2.45) is 0 Å². The predicted molar refractivity (Wildman–Crippen MR) is 127 cm³/mol. The van der Waals surface area contributed by atoms with Crippen molar-refractivity contribution in [2.75, 3.05) is 13.2 Å². The van der Waals surface area contributed by atoms with E-state index < -0.39 is 11.6 Å². The molecule has 1 aliphatic heterocycles. The highest BCUT2D eigenvalue weighted by atomic mass is 16.5. The Hall–Kier alpha value is -3.20. The van der Waals surface area contributed by atoms with Crippen molar-refractivity contribution in [1.82, 2.24) is 25.2 Å². The molecule has 3 heterocycles. The first-order valence-electron chi connectivity index (χ1n) is 11.8. The number of aromatic nitrogens is 3. The zero-order chi connectivity index (χ0) is 24.3. The first-order valence-corrected chi connectivity index (χ1v) is 11.8. The molecule has 9 nitrogen and oxygen atoms in total. The fourth-order valence-corrected chi connectivity index (χ4v) is 4.13. The minimum Gasteiger partial charge on any atom is -0.464 e. The normalized spacial score (nSPS) is 17.1. The van der Waals surface area contributed by atoms with Gasteiger partial charge in [0.05, 0.1) is 11.6 Å². The van der Waals surface area contributed by atoms with Gasteiger partial charge in [0, 0.05) is 18.7 Å². The molecule has 0 radical (unpaired) electrons. The Kier molecular flexibility index (Phi) is 7.02. The number of carbonyl (C=O) groups excluding carboxylic acids is 2. The Bertz CT molecular complexity index is 1150. The van der Waals surface area contributed by atoms with Crippen LogP contribution in [0.1, 0.15) is 57.6 Å². The molecule has 2 atom stereocenters. The van der Waals surface area contributed by atoms with Crippen LogP contribution >= 0.6 is 0 Å². The molecule has 1 saturated heterocycles. The minimum absolute atomic E-state index is 0.0477. The van der Waals surface area contributed by atoms with Crippen molar-refractivity contribution >= 4 is 22.8 Å². The first kappa shape index (κ1) is 23.9. The van der Waals surface area contributed by atoms with Crippen molar-refractivity contribution < 1.29 is 18.7 Å². The number of hydrogen-bond donors (Lipinski definition) is 1. The summed E-state index contributed by atoms with van der Waals surface area (Å²) in [5, 5.41) is 11.4. The molecule has 2 amide bonds. The zero-order valence-corrected chi connectivity index (χ0v) is 20.3. The van der Waals surface area contributed by atoms with E-state index in [1.807, 2.05) is 52.0 Å². The fourth-order valence-electron chi connectivity index (χ4n) is 4.13. The van der Waals surface area contributed by atoms with Gasteiger partial charge in [-0.05, 0) is 64.3 Å². The molecule has 182 valence electrons. The summed E-state index contributed by atoms with van der Waals surface area (Å²) in [4.78, 5) is 29.0. The molecule has 1 aliphatic rings. The number of amides is 2.